The highest BCUT2D eigenvalue weighted by Crippen LogP contribution is 2.33. The van der Waals surface area contributed by atoms with E-state index in [9.17, 15) is 8.42 Å². The van der Waals surface area contributed by atoms with Gasteiger partial charge in [0.25, 0.3) is 11.7 Å². The Morgan fingerprint density at radius 1 is 1.31 bits per heavy atom. The van der Waals surface area contributed by atoms with Crippen LogP contribution in [0.5, 0.6) is 5.75 Å². The summed E-state index contributed by atoms with van der Waals surface area (Å²) in [5.41, 5.74) is 2.53. The summed E-state index contributed by atoms with van der Waals surface area (Å²) in [5.74, 6) is 2.56. The van der Waals surface area contributed by atoms with Gasteiger partial charge in [-0.25, -0.2) is 12.7 Å². The number of aryl methyl sites for hydroxylation is 1. The van der Waals surface area contributed by atoms with E-state index < -0.39 is 10.0 Å². The molecule has 2 aromatic rings. The van der Waals surface area contributed by atoms with Crippen molar-refractivity contribution in [2.75, 3.05) is 37.5 Å². The monoisotopic (exact) mass is 457 g/mol. The molecule has 10 nitrogen and oxygen atoms in total. The molecular weight excluding hydrogens is 430 g/mol. The van der Waals surface area contributed by atoms with E-state index in [1.165, 1.54) is 11.4 Å². The number of rotatable bonds is 7. The predicted octanol–water partition coefficient (Wildman–Crippen LogP) is 2.51. The highest BCUT2D eigenvalue weighted by Gasteiger charge is 2.39. The third kappa shape index (κ3) is 4.01. The molecule has 0 unspecified atom stereocenters. The third-order valence-electron chi connectivity index (χ3n) is 5.32. The first-order chi connectivity index (χ1) is 15.2. The van der Waals surface area contributed by atoms with Crippen molar-refractivity contribution in [1.82, 2.24) is 19.4 Å². The fourth-order valence-electron chi connectivity index (χ4n) is 3.53. The zero-order valence-corrected chi connectivity index (χ0v) is 19.6. The maximum Gasteiger partial charge on any atom is 0.284 e. The van der Waals surface area contributed by atoms with Crippen molar-refractivity contribution < 1.29 is 13.2 Å². The van der Waals surface area contributed by atoms with E-state index in [4.69, 9.17) is 4.74 Å². The molecule has 169 valence electrons. The summed E-state index contributed by atoms with van der Waals surface area (Å²) >= 11 is 0. The summed E-state index contributed by atoms with van der Waals surface area (Å²) in [5, 5.41) is 10.5. The molecule has 1 aromatic heterocycles. The van der Waals surface area contributed by atoms with E-state index in [1.54, 1.807) is 26.1 Å². The number of nitrogens with one attached hydrogen (secondary N) is 2. The van der Waals surface area contributed by atoms with Crippen molar-refractivity contribution in [2.24, 2.45) is 4.99 Å². The molecule has 4 rings (SSSR count). The van der Waals surface area contributed by atoms with Crippen LogP contribution in [0.1, 0.15) is 19.5 Å². The van der Waals surface area contributed by atoms with E-state index >= 15 is 0 Å². The average molecular weight is 458 g/mol. The molecular formula is C21H27N7O3S+. The number of hydrogen-bond acceptors (Lipinski definition) is 8. The summed E-state index contributed by atoms with van der Waals surface area (Å²) in [6.07, 6.45) is 3.87. The maximum absolute atomic E-state index is 13.1. The second kappa shape index (κ2) is 8.41. The Morgan fingerprint density at radius 3 is 2.75 bits per heavy atom. The van der Waals surface area contributed by atoms with Gasteiger partial charge in [-0.15, -0.1) is 0 Å². The number of sulfonamides is 1. The molecule has 0 fully saturated rings. The molecule has 32 heavy (non-hydrogen) atoms. The quantitative estimate of drug-likeness (QED) is 0.619. The van der Waals surface area contributed by atoms with Gasteiger partial charge in [0.2, 0.25) is 10.0 Å². The van der Waals surface area contributed by atoms with E-state index in [-0.39, 0.29) is 4.90 Å². The van der Waals surface area contributed by atoms with Crippen molar-refractivity contribution in [2.45, 2.75) is 25.7 Å². The Bertz CT molecular complexity index is 1230. The van der Waals surface area contributed by atoms with Crippen LogP contribution in [0.25, 0.3) is 0 Å². The van der Waals surface area contributed by atoms with Gasteiger partial charge in [-0.3, -0.25) is 10.4 Å². The SMILES string of the molecule is CCN(C)S(=O)(=O)c1cc(N2C=C(Nc3cc(C)[nH]n3)[N+]3C=C(C)N=C3C2)ccc1OC. The molecule has 0 aliphatic carbocycles. The highest BCUT2D eigenvalue weighted by molar-refractivity contribution is 7.89. The van der Waals surface area contributed by atoms with Crippen LogP contribution in [0, 0.1) is 6.92 Å². The zero-order valence-electron chi connectivity index (χ0n) is 18.7. The topological polar surface area (TPSA) is 109 Å². The number of nitrogens with zero attached hydrogens (tertiary/aromatic N) is 5. The van der Waals surface area contributed by atoms with Crippen LogP contribution >= 0.6 is 0 Å². The second-order valence-corrected chi connectivity index (χ2v) is 9.64. The van der Waals surface area contributed by atoms with E-state index in [0.29, 0.717) is 30.3 Å². The van der Waals surface area contributed by atoms with Crippen LogP contribution in [-0.4, -0.2) is 56.0 Å². The number of anilines is 2. The van der Waals surface area contributed by atoms with E-state index in [0.717, 1.165) is 23.0 Å². The third-order valence-corrected chi connectivity index (χ3v) is 7.28. The molecule has 2 aliphatic rings. The molecule has 0 atom stereocenters. The molecule has 0 bridgehead atoms. The molecule has 2 N–H and O–H groups in total. The van der Waals surface area contributed by atoms with Gasteiger partial charge in [-0.05, 0) is 36.9 Å². The lowest BCUT2D eigenvalue weighted by Gasteiger charge is -2.26. The van der Waals surface area contributed by atoms with Gasteiger partial charge < -0.3 is 9.64 Å². The van der Waals surface area contributed by atoms with Crippen LogP contribution < -0.4 is 19.9 Å². The number of aliphatic imine (C=N–C) groups is 1. The molecule has 0 saturated carbocycles. The summed E-state index contributed by atoms with van der Waals surface area (Å²) in [4.78, 5) is 8.68. The number of aromatic amines is 1. The number of hydrogen-bond donors (Lipinski definition) is 2. The number of benzene rings is 1. The lowest BCUT2D eigenvalue weighted by molar-refractivity contribution is 0.399. The van der Waals surface area contributed by atoms with Crippen molar-refractivity contribution in [3.63, 3.8) is 0 Å². The Balaban J connectivity index is 1.75. The number of amidine groups is 1. The first kappa shape index (κ1) is 22.1. The molecule has 0 spiro atoms. The maximum atomic E-state index is 13.1. The Labute approximate surface area is 187 Å². The number of aromatic nitrogens is 2. The number of fused-ring (bicyclic) bond motifs is 1. The standard InChI is InChI=1S/C21H27N7O3S/c1-6-26(4)32(29,30)18-10-16(7-8-17(18)31-5)27-12-20-22-15(3)11-28(20)21(13-27)23-19-9-14(2)24-25-19/h7-11,13H,6,12H2,1-5H3,(H2,23,24,25)/q+1. The summed E-state index contributed by atoms with van der Waals surface area (Å²) in [6.45, 7) is 6.49. The fourth-order valence-corrected chi connectivity index (χ4v) is 4.88. The number of allylic oxidation sites excluding steroid dienone is 1. The summed E-state index contributed by atoms with van der Waals surface area (Å²) < 4.78 is 32.8. The van der Waals surface area contributed by atoms with Crippen LogP contribution in [0.3, 0.4) is 0 Å². The van der Waals surface area contributed by atoms with E-state index in [2.05, 4.69) is 20.5 Å². The Morgan fingerprint density at radius 2 is 2.09 bits per heavy atom. The van der Waals surface area contributed by atoms with Crippen molar-refractivity contribution >= 4 is 27.4 Å². The highest BCUT2D eigenvalue weighted by atomic mass is 32.2. The average Bonchev–Trinajstić information content (AvgIpc) is 3.36. The number of ether oxygens (including phenoxy) is 1. The van der Waals surface area contributed by atoms with Crippen molar-refractivity contribution in [1.29, 1.82) is 0 Å². The van der Waals surface area contributed by atoms with Gasteiger partial charge in [0.15, 0.2) is 12.0 Å². The minimum atomic E-state index is -3.70. The Hall–Kier alpha value is -3.15. The predicted molar refractivity (Wildman–Crippen MR) is 124 cm³/mol. The fraction of sp³-hybridized carbons (Fsp3) is 0.333. The first-order valence-corrected chi connectivity index (χ1v) is 11.6. The van der Waals surface area contributed by atoms with Crippen LogP contribution in [-0.2, 0) is 10.0 Å². The van der Waals surface area contributed by atoms with Crippen LogP contribution in [0.4, 0.5) is 11.5 Å². The van der Waals surface area contributed by atoms with Gasteiger partial charge in [-0.1, -0.05) is 6.92 Å². The van der Waals surface area contributed by atoms with Crippen molar-refractivity contribution in [3.05, 3.63) is 53.9 Å². The van der Waals surface area contributed by atoms with Crippen LogP contribution in [0.2, 0.25) is 0 Å². The minimum Gasteiger partial charge on any atom is -0.495 e. The zero-order chi connectivity index (χ0) is 23.0. The van der Waals surface area contributed by atoms with Gasteiger partial charge in [0.1, 0.15) is 22.9 Å². The Kier molecular flexibility index (Phi) is 5.80. The molecule has 0 amide bonds. The second-order valence-electron chi connectivity index (χ2n) is 7.63. The number of methoxy groups -OCH3 is 1. The lowest BCUT2D eigenvalue weighted by Crippen LogP contribution is -2.45. The van der Waals surface area contributed by atoms with E-state index in [1.807, 2.05) is 48.2 Å². The molecule has 3 heterocycles. The number of H-pyrrole nitrogens is 1. The molecule has 11 heteroatoms. The van der Waals surface area contributed by atoms with Crippen LogP contribution in [0.15, 0.2) is 58.1 Å². The summed E-state index contributed by atoms with van der Waals surface area (Å²) in [6, 6.07) is 7.05. The van der Waals surface area contributed by atoms with Crippen molar-refractivity contribution in [3.8, 4) is 5.75 Å². The lowest BCUT2D eigenvalue weighted by atomic mass is 10.2. The smallest absolute Gasteiger partial charge is 0.284 e. The largest absolute Gasteiger partial charge is 0.495 e. The first-order valence-electron chi connectivity index (χ1n) is 10.2. The van der Waals surface area contributed by atoms with Gasteiger partial charge >= 0.3 is 0 Å². The molecule has 0 saturated heterocycles. The summed E-state index contributed by atoms with van der Waals surface area (Å²) in [7, 11) is -0.680. The normalized spacial score (nSPS) is 16.6. The van der Waals surface area contributed by atoms with Gasteiger partial charge in [-0.2, -0.15) is 10.1 Å². The molecule has 1 aromatic carbocycles. The minimum absolute atomic E-state index is 0.123. The molecule has 1 radical (unpaired) electrons. The van der Waals surface area contributed by atoms with Gasteiger partial charge in [0, 0.05) is 31.0 Å². The van der Waals surface area contributed by atoms with Gasteiger partial charge in [0.05, 0.1) is 13.3 Å². The molecule has 2 aliphatic heterocycles.